The van der Waals surface area contributed by atoms with Crippen LogP contribution in [0.2, 0.25) is 0 Å². The number of hydrogen-bond donors (Lipinski definition) is 1. The Morgan fingerprint density at radius 3 is 1.49 bits per heavy atom. The van der Waals surface area contributed by atoms with Gasteiger partial charge < -0.3 is 4.55 Å². The molecule has 0 heterocycles. The van der Waals surface area contributed by atoms with Gasteiger partial charge >= 0.3 is 0 Å². The van der Waals surface area contributed by atoms with Gasteiger partial charge in [-0.3, -0.25) is 4.99 Å². The fraction of sp³-hybridized carbons (Fsp3) is 0.194. The number of aliphatic imine (C=N–C) groups is 1. The van der Waals surface area contributed by atoms with Gasteiger partial charge in [-0.25, -0.2) is 0 Å². The fourth-order valence-corrected chi connectivity index (χ4v) is 4.76. The van der Waals surface area contributed by atoms with Gasteiger partial charge in [-0.15, -0.1) is 4.72 Å². The van der Waals surface area contributed by atoms with E-state index >= 15 is 0 Å². The molecule has 1 N–H and O–H groups in total. The highest BCUT2D eigenvalue weighted by Crippen LogP contribution is 2.35. The summed E-state index contributed by atoms with van der Waals surface area (Å²) < 4.78 is 16.4. The van der Waals surface area contributed by atoms with Crippen LogP contribution in [-0.2, 0) is 11.4 Å². The summed E-state index contributed by atoms with van der Waals surface area (Å²) in [5.41, 5.74) is 5.10. The third kappa shape index (κ3) is 6.49. The minimum atomic E-state index is -1.29. The SMILES string of the molecule is CC(C)(C)[S@@+]([O-])N[C@H](c1ccccc1)[C@@H](N=C(c1ccccc1)c1ccccc1)c1ccccc1. The Morgan fingerprint density at radius 2 is 1.06 bits per heavy atom. The van der Waals surface area contributed by atoms with Crippen LogP contribution >= 0.6 is 0 Å². The lowest BCUT2D eigenvalue weighted by molar-refractivity contribution is 0.487. The highest BCUT2D eigenvalue weighted by Gasteiger charge is 2.34. The average molecular weight is 481 g/mol. The zero-order chi connectivity index (χ0) is 24.7. The molecule has 4 rings (SSSR count). The molecule has 0 aliphatic carbocycles. The number of nitrogens with one attached hydrogen (secondary N) is 1. The molecule has 0 aliphatic heterocycles. The van der Waals surface area contributed by atoms with Gasteiger partial charge in [0.2, 0.25) is 0 Å². The summed E-state index contributed by atoms with van der Waals surface area (Å²) >= 11 is -1.29. The van der Waals surface area contributed by atoms with Crippen molar-refractivity contribution in [2.45, 2.75) is 37.6 Å². The predicted molar refractivity (Wildman–Crippen MR) is 148 cm³/mol. The summed E-state index contributed by atoms with van der Waals surface area (Å²) in [6, 6.07) is 40.4. The number of rotatable bonds is 8. The highest BCUT2D eigenvalue weighted by atomic mass is 32.2. The second kappa shape index (κ2) is 11.5. The van der Waals surface area contributed by atoms with Crippen molar-refractivity contribution in [3.63, 3.8) is 0 Å². The molecule has 0 radical (unpaired) electrons. The molecule has 0 saturated heterocycles. The van der Waals surface area contributed by atoms with Crippen LogP contribution in [0, 0.1) is 0 Å². The van der Waals surface area contributed by atoms with Crippen LogP contribution in [0.25, 0.3) is 0 Å². The van der Waals surface area contributed by atoms with E-state index in [0.717, 1.165) is 28.0 Å². The molecule has 4 aromatic carbocycles. The standard InChI is InChI=1S/C31H32N2OS/c1-31(2,3)35(34)33-30(27-22-14-7-15-23-27)29(26-20-12-6-13-21-26)32-28(24-16-8-4-9-17-24)25-18-10-5-11-19-25/h4-23,29-30,33H,1-3H3/t29-,30+,35+/m0/s1. The molecule has 0 fully saturated rings. The van der Waals surface area contributed by atoms with Crippen LogP contribution in [0.15, 0.2) is 126 Å². The van der Waals surface area contributed by atoms with E-state index < -0.39 is 16.1 Å². The van der Waals surface area contributed by atoms with Gasteiger partial charge in [-0.2, -0.15) is 0 Å². The van der Waals surface area contributed by atoms with Gasteiger partial charge in [0.1, 0.15) is 10.8 Å². The zero-order valence-corrected chi connectivity index (χ0v) is 21.3. The van der Waals surface area contributed by atoms with E-state index in [2.05, 4.69) is 53.3 Å². The Kier molecular flexibility index (Phi) is 8.19. The molecule has 0 amide bonds. The zero-order valence-electron chi connectivity index (χ0n) is 20.5. The molecule has 0 aliphatic rings. The molecule has 0 saturated carbocycles. The van der Waals surface area contributed by atoms with Crippen molar-refractivity contribution in [3.8, 4) is 0 Å². The average Bonchev–Trinajstić information content (AvgIpc) is 2.90. The fourth-order valence-electron chi connectivity index (χ4n) is 3.91. The van der Waals surface area contributed by atoms with Gasteiger partial charge in [0.25, 0.3) is 0 Å². The molecule has 4 aromatic rings. The molecule has 0 bridgehead atoms. The largest absolute Gasteiger partial charge is 0.598 e. The maximum atomic E-state index is 13.4. The van der Waals surface area contributed by atoms with Crippen molar-refractivity contribution >= 4 is 17.1 Å². The van der Waals surface area contributed by atoms with Crippen molar-refractivity contribution in [2.75, 3.05) is 0 Å². The van der Waals surface area contributed by atoms with Crippen molar-refractivity contribution < 1.29 is 4.55 Å². The monoisotopic (exact) mass is 480 g/mol. The summed E-state index contributed by atoms with van der Waals surface area (Å²) in [6.07, 6.45) is 0. The Balaban J connectivity index is 1.91. The third-order valence-corrected chi connectivity index (χ3v) is 7.35. The van der Waals surface area contributed by atoms with Crippen LogP contribution in [-0.4, -0.2) is 15.0 Å². The van der Waals surface area contributed by atoms with Gasteiger partial charge in [0, 0.05) is 22.5 Å². The lowest BCUT2D eigenvalue weighted by Crippen LogP contribution is -2.42. The van der Waals surface area contributed by atoms with Gasteiger partial charge in [0.15, 0.2) is 0 Å². The number of nitrogens with zero attached hydrogens (tertiary/aromatic N) is 1. The van der Waals surface area contributed by atoms with Crippen LogP contribution in [0.4, 0.5) is 0 Å². The Bertz CT molecular complexity index is 1170. The van der Waals surface area contributed by atoms with E-state index in [-0.39, 0.29) is 12.1 Å². The van der Waals surface area contributed by atoms with Crippen LogP contribution in [0.5, 0.6) is 0 Å². The van der Waals surface area contributed by atoms with Gasteiger partial charge in [0.05, 0.1) is 11.8 Å². The summed E-state index contributed by atoms with van der Waals surface area (Å²) in [4.78, 5) is 5.42. The summed E-state index contributed by atoms with van der Waals surface area (Å²) in [5.74, 6) is 0. The minimum absolute atomic E-state index is 0.291. The Morgan fingerprint density at radius 1 is 0.657 bits per heavy atom. The normalized spacial score (nSPS) is 14.1. The predicted octanol–water partition coefficient (Wildman–Crippen LogP) is 7.06. The first-order valence-electron chi connectivity index (χ1n) is 11.9. The summed E-state index contributed by atoms with van der Waals surface area (Å²) in [6.45, 7) is 5.95. The quantitative estimate of drug-likeness (QED) is 0.217. The lowest BCUT2D eigenvalue weighted by Gasteiger charge is -2.31. The van der Waals surface area contributed by atoms with E-state index in [1.165, 1.54) is 0 Å². The van der Waals surface area contributed by atoms with Crippen LogP contribution in [0.1, 0.15) is 55.1 Å². The van der Waals surface area contributed by atoms with E-state index in [4.69, 9.17) is 4.99 Å². The van der Waals surface area contributed by atoms with Gasteiger partial charge in [-0.05, 0) is 31.9 Å². The molecule has 4 heteroatoms. The second-order valence-electron chi connectivity index (χ2n) is 9.45. The molecule has 0 spiro atoms. The topological polar surface area (TPSA) is 47.4 Å². The molecule has 0 aromatic heterocycles. The van der Waals surface area contributed by atoms with Gasteiger partial charge in [-0.1, -0.05) is 121 Å². The molecule has 35 heavy (non-hydrogen) atoms. The molecule has 3 atom stereocenters. The third-order valence-electron chi connectivity index (χ3n) is 5.77. The first-order valence-corrected chi connectivity index (χ1v) is 13.0. The Labute approximate surface area is 212 Å². The maximum Gasteiger partial charge on any atom is 0.136 e. The Hall–Kier alpha value is -3.18. The highest BCUT2D eigenvalue weighted by molar-refractivity contribution is 7.90. The molecule has 178 valence electrons. The first-order chi connectivity index (χ1) is 16.9. The van der Waals surface area contributed by atoms with Crippen LogP contribution in [0.3, 0.4) is 0 Å². The van der Waals surface area contributed by atoms with E-state index in [1.54, 1.807) is 0 Å². The minimum Gasteiger partial charge on any atom is -0.598 e. The van der Waals surface area contributed by atoms with Crippen molar-refractivity contribution in [2.24, 2.45) is 4.99 Å². The van der Waals surface area contributed by atoms with E-state index in [1.807, 2.05) is 93.6 Å². The summed E-state index contributed by atoms with van der Waals surface area (Å²) in [5, 5.41) is 0. The second-order valence-corrected chi connectivity index (χ2v) is 11.5. The van der Waals surface area contributed by atoms with E-state index in [9.17, 15) is 4.55 Å². The van der Waals surface area contributed by atoms with Crippen LogP contribution < -0.4 is 4.72 Å². The molecule has 3 nitrogen and oxygen atoms in total. The smallest absolute Gasteiger partial charge is 0.136 e. The number of benzene rings is 4. The van der Waals surface area contributed by atoms with Crippen molar-refractivity contribution in [1.82, 2.24) is 4.72 Å². The summed E-state index contributed by atoms with van der Waals surface area (Å²) in [7, 11) is 0. The van der Waals surface area contributed by atoms with Crippen molar-refractivity contribution in [3.05, 3.63) is 144 Å². The lowest BCUT2D eigenvalue weighted by atomic mass is 9.93. The number of hydrogen-bond acceptors (Lipinski definition) is 3. The van der Waals surface area contributed by atoms with Crippen molar-refractivity contribution in [1.29, 1.82) is 0 Å². The van der Waals surface area contributed by atoms with E-state index in [0.29, 0.717) is 0 Å². The molecule has 0 unspecified atom stereocenters. The molecular formula is C31H32N2OS. The maximum absolute atomic E-state index is 13.4. The first kappa shape index (κ1) is 24.9. The molecular weight excluding hydrogens is 448 g/mol.